The Morgan fingerprint density at radius 1 is 0.929 bits per heavy atom. The Morgan fingerprint density at radius 3 is 2.00 bits per heavy atom. The lowest BCUT2D eigenvalue weighted by atomic mass is 10.2. The molecule has 2 heteroatoms. The van der Waals surface area contributed by atoms with Gasteiger partial charge in [-0.15, -0.1) is 0 Å². The first-order chi connectivity index (χ1) is 6.93. The van der Waals surface area contributed by atoms with Crippen LogP contribution in [0.4, 0.5) is 0 Å². The van der Waals surface area contributed by atoms with Crippen molar-refractivity contribution in [1.82, 2.24) is 0 Å². The van der Waals surface area contributed by atoms with Crippen LogP contribution in [0.2, 0.25) is 0 Å². The molecule has 74 valence electrons. The summed E-state index contributed by atoms with van der Waals surface area (Å²) in [6.45, 7) is 0.240. The van der Waals surface area contributed by atoms with Crippen LogP contribution in [-0.4, -0.2) is 11.7 Å². The van der Waals surface area contributed by atoms with Gasteiger partial charge in [0.2, 0.25) is 0 Å². The van der Waals surface area contributed by atoms with Gasteiger partial charge in [0.25, 0.3) is 0 Å². The van der Waals surface area contributed by atoms with Crippen LogP contribution in [0, 0.1) is 0 Å². The lowest BCUT2D eigenvalue weighted by Gasteiger charge is -1.93. The van der Waals surface area contributed by atoms with Crippen molar-refractivity contribution in [2.45, 2.75) is 6.42 Å². The third-order valence-electron chi connectivity index (χ3n) is 1.67. The first-order valence-corrected chi connectivity index (χ1v) is 5.49. The van der Waals surface area contributed by atoms with E-state index in [9.17, 15) is 0 Å². The molecule has 0 bridgehead atoms. The van der Waals surface area contributed by atoms with E-state index in [4.69, 9.17) is 5.11 Å². The Kier molecular flexibility index (Phi) is 5.71. The number of rotatable bonds is 2. The zero-order chi connectivity index (χ0) is 10.1. The molecule has 0 atom stereocenters. The first-order valence-electron chi connectivity index (χ1n) is 4.55. The fourth-order valence-electron chi connectivity index (χ4n) is 1.00. The molecule has 1 nitrogen and oxygen atoms in total. The maximum Gasteiger partial charge on any atom is 0.0471 e. The molecule has 0 radical (unpaired) electrons. The fraction of sp³-hybridized carbons (Fsp3) is 0.167. The summed E-state index contributed by atoms with van der Waals surface area (Å²) >= 11 is 1.71. The van der Waals surface area contributed by atoms with Crippen molar-refractivity contribution in [2.75, 3.05) is 6.61 Å². The van der Waals surface area contributed by atoms with Crippen LogP contribution in [-0.2, 0) is 6.42 Å². The van der Waals surface area contributed by atoms with Crippen molar-refractivity contribution in [3.63, 3.8) is 0 Å². The predicted molar refractivity (Wildman–Crippen MR) is 61.6 cm³/mol. The molecule has 0 aliphatic heterocycles. The van der Waals surface area contributed by atoms with Crippen molar-refractivity contribution in [2.24, 2.45) is 0 Å². The molecule has 0 aliphatic rings. The Bertz CT molecular complexity index is 285. The Labute approximate surface area is 88.7 Å². The highest BCUT2D eigenvalue weighted by atomic mass is 32.1. The minimum absolute atomic E-state index is 0.240. The van der Waals surface area contributed by atoms with E-state index in [2.05, 4.69) is 0 Å². The average Bonchev–Trinajstić information content (AvgIpc) is 2.78. The van der Waals surface area contributed by atoms with E-state index in [0.29, 0.717) is 0 Å². The summed E-state index contributed by atoms with van der Waals surface area (Å²) in [4.78, 5) is 0. The van der Waals surface area contributed by atoms with Crippen LogP contribution in [0.25, 0.3) is 0 Å². The molecule has 2 rings (SSSR count). The molecule has 0 fully saturated rings. The van der Waals surface area contributed by atoms with E-state index in [-0.39, 0.29) is 6.61 Å². The molecule has 1 heterocycles. The fourth-order valence-corrected chi connectivity index (χ4v) is 1.45. The largest absolute Gasteiger partial charge is 0.396 e. The van der Waals surface area contributed by atoms with E-state index in [1.165, 1.54) is 5.56 Å². The second-order valence-electron chi connectivity index (χ2n) is 2.75. The van der Waals surface area contributed by atoms with E-state index in [1.54, 1.807) is 11.3 Å². The summed E-state index contributed by atoms with van der Waals surface area (Å²) < 4.78 is 0. The molecule has 0 aliphatic carbocycles. The van der Waals surface area contributed by atoms with Crippen molar-refractivity contribution in [3.05, 3.63) is 58.8 Å². The number of aliphatic hydroxyl groups is 1. The van der Waals surface area contributed by atoms with Crippen LogP contribution in [0.15, 0.2) is 53.2 Å². The smallest absolute Gasteiger partial charge is 0.0471 e. The van der Waals surface area contributed by atoms with Gasteiger partial charge >= 0.3 is 0 Å². The monoisotopic (exact) mass is 206 g/mol. The SMILES string of the molecule is OCCc1ccccc1.c1ccsc1. The Hall–Kier alpha value is -1.12. The van der Waals surface area contributed by atoms with Crippen molar-refractivity contribution < 1.29 is 5.11 Å². The minimum Gasteiger partial charge on any atom is -0.396 e. The molecule has 2 aromatic rings. The Morgan fingerprint density at radius 2 is 1.57 bits per heavy atom. The first kappa shape index (κ1) is 11.0. The molecule has 0 unspecified atom stereocenters. The van der Waals surface area contributed by atoms with Crippen LogP contribution < -0.4 is 0 Å². The van der Waals surface area contributed by atoms with Gasteiger partial charge in [-0.05, 0) is 22.7 Å². The molecular formula is C12H14OS. The van der Waals surface area contributed by atoms with Crippen LogP contribution >= 0.6 is 11.3 Å². The van der Waals surface area contributed by atoms with Crippen molar-refractivity contribution in [3.8, 4) is 0 Å². The summed E-state index contributed by atoms with van der Waals surface area (Å²) in [5.74, 6) is 0. The van der Waals surface area contributed by atoms with Gasteiger partial charge in [-0.2, -0.15) is 11.3 Å². The van der Waals surface area contributed by atoms with Gasteiger partial charge in [0, 0.05) is 6.61 Å². The molecule has 1 N–H and O–H groups in total. The molecule has 14 heavy (non-hydrogen) atoms. The van der Waals surface area contributed by atoms with Crippen LogP contribution in [0.5, 0.6) is 0 Å². The highest BCUT2D eigenvalue weighted by Crippen LogP contribution is 1.97. The van der Waals surface area contributed by atoms with Crippen LogP contribution in [0.3, 0.4) is 0 Å². The van der Waals surface area contributed by atoms with Gasteiger partial charge in [-0.1, -0.05) is 42.5 Å². The standard InChI is InChI=1S/C8H10O.C4H4S/c9-7-6-8-4-2-1-3-5-8;1-2-4-5-3-1/h1-5,9H,6-7H2;1-4H. The average molecular weight is 206 g/mol. The molecule has 0 saturated carbocycles. The highest BCUT2D eigenvalue weighted by molar-refractivity contribution is 7.07. The molecule has 0 spiro atoms. The van der Waals surface area contributed by atoms with E-state index < -0.39 is 0 Å². The van der Waals surface area contributed by atoms with Gasteiger partial charge in [-0.25, -0.2) is 0 Å². The summed E-state index contributed by atoms with van der Waals surface area (Å²) in [6.07, 6.45) is 0.765. The van der Waals surface area contributed by atoms with Gasteiger partial charge in [-0.3, -0.25) is 0 Å². The van der Waals surface area contributed by atoms with Crippen LogP contribution in [0.1, 0.15) is 5.56 Å². The number of benzene rings is 1. The number of thiophene rings is 1. The normalized spacial score (nSPS) is 8.93. The number of hydrogen-bond acceptors (Lipinski definition) is 2. The molecule has 0 amide bonds. The maximum atomic E-state index is 8.52. The van der Waals surface area contributed by atoms with Gasteiger partial charge in [0.05, 0.1) is 0 Å². The molecule has 0 saturated heterocycles. The summed E-state index contributed by atoms with van der Waals surface area (Å²) in [5, 5.41) is 12.6. The van der Waals surface area contributed by atoms with Crippen molar-refractivity contribution >= 4 is 11.3 Å². The van der Waals surface area contributed by atoms with Gasteiger partial charge < -0.3 is 5.11 Å². The summed E-state index contributed by atoms with van der Waals surface area (Å²) in [6, 6.07) is 14.0. The second-order valence-corrected chi connectivity index (χ2v) is 3.57. The molecule has 1 aromatic heterocycles. The maximum absolute atomic E-state index is 8.52. The van der Waals surface area contributed by atoms with Gasteiger partial charge in [0.15, 0.2) is 0 Å². The zero-order valence-corrected chi connectivity index (χ0v) is 8.78. The Balaban J connectivity index is 0.000000165. The topological polar surface area (TPSA) is 20.2 Å². The molecule has 1 aromatic carbocycles. The summed E-state index contributed by atoms with van der Waals surface area (Å²) in [5.41, 5.74) is 1.19. The van der Waals surface area contributed by atoms with E-state index >= 15 is 0 Å². The minimum atomic E-state index is 0.240. The molecular weight excluding hydrogens is 192 g/mol. The third-order valence-corrected chi connectivity index (χ3v) is 2.30. The highest BCUT2D eigenvalue weighted by Gasteiger charge is 1.85. The van der Waals surface area contributed by atoms with E-state index in [0.717, 1.165) is 6.42 Å². The summed E-state index contributed by atoms with van der Waals surface area (Å²) in [7, 11) is 0. The number of hydrogen-bond donors (Lipinski definition) is 1. The lowest BCUT2D eigenvalue weighted by Crippen LogP contribution is -1.88. The quantitative estimate of drug-likeness (QED) is 0.801. The second kappa shape index (κ2) is 7.30. The zero-order valence-electron chi connectivity index (χ0n) is 7.97. The van der Waals surface area contributed by atoms with Crippen molar-refractivity contribution in [1.29, 1.82) is 0 Å². The lowest BCUT2D eigenvalue weighted by molar-refractivity contribution is 0.299. The predicted octanol–water partition coefficient (Wildman–Crippen LogP) is 2.97. The van der Waals surface area contributed by atoms with E-state index in [1.807, 2.05) is 53.2 Å². The van der Waals surface area contributed by atoms with Gasteiger partial charge in [0.1, 0.15) is 0 Å². The third kappa shape index (κ3) is 4.80. The number of aliphatic hydroxyl groups excluding tert-OH is 1.